The maximum Gasteiger partial charge on any atom is 2.00 e. The van der Waals surface area contributed by atoms with Gasteiger partial charge in [0, 0.05) is 22.8 Å². The molecular weight excluding hydrogens is 854 g/mol. The molecule has 8 nitrogen and oxygen atoms in total. The number of allylic oxidation sites excluding steroid dienone is 4. The summed E-state index contributed by atoms with van der Waals surface area (Å²) in [4.78, 5) is 0. The van der Waals surface area contributed by atoms with Gasteiger partial charge in [-0.3, -0.25) is 0 Å². The Bertz CT molecular complexity index is 1970. The smallest absolute Gasteiger partial charge is 0.698 e. The first-order valence-electron chi connectivity index (χ1n) is 19.9. The van der Waals surface area contributed by atoms with E-state index in [1.165, 1.54) is 22.3 Å². The Hall–Kier alpha value is -5.27. The summed E-state index contributed by atoms with van der Waals surface area (Å²) in [5, 5.41) is 29.4. The van der Waals surface area contributed by atoms with Gasteiger partial charge in [-0.1, -0.05) is 95.1 Å². The van der Waals surface area contributed by atoms with E-state index in [1.807, 2.05) is 55.4 Å². The van der Waals surface area contributed by atoms with Crippen LogP contribution >= 0.6 is 0 Å². The summed E-state index contributed by atoms with van der Waals surface area (Å²) in [6.07, 6.45) is 6.35. The SMILES string of the molecule is CC(=N)/C=C(\[NH-])c1c(C)cc(C)cc1C.CC(=N)/C=C(\[NH-])c1c(C)cc(C)cc1C.CC(=N)/C=C(\[NH-])c1c(C)cc(C)cc1C.CC(=N)/C=C(\[NH-])c1c(C)cc(C)cc1C.[Co+2].[Co+2]. The maximum atomic E-state index is 7.92. The van der Waals surface area contributed by atoms with Gasteiger partial charge in [-0.2, -0.15) is 0 Å². The van der Waals surface area contributed by atoms with Crippen molar-refractivity contribution < 1.29 is 33.6 Å². The quantitative estimate of drug-likeness (QED) is 0.122. The van der Waals surface area contributed by atoms with Crippen LogP contribution in [0.5, 0.6) is 0 Å². The second kappa shape index (κ2) is 26.9. The van der Waals surface area contributed by atoms with E-state index in [4.69, 9.17) is 44.6 Å². The van der Waals surface area contributed by atoms with E-state index in [0.717, 1.165) is 66.8 Å². The largest absolute Gasteiger partial charge is 2.00 e. The van der Waals surface area contributed by atoms with E-state index in [9.17, 15) is 0 Å². The molecule has 10 heteroatoms. The molecule has 0 amide bonds. The Morgan fingerprint density at radius 3 is 0.516 bits per heavy atom. The molecule has 4 rings (SSSR count). The Balaban J connectivity index is 0. The zero-order valence-electron chi connectivity index (χ0n) is 39.6. The fourth-order valence-corrected chi connectivity index (χ4v) is 7.57. The third-order valence-electron chi connectivity index (χ3n) is 9.23. The van der Waals surface area contributed by atoms with Crippen LogP contribution in [0.4, 0.5) is 0 Å². The Labute approximate surface area is 394 Å². The molecule has 4 aromatic rings. The number of hydrogen-bond donors (Lipinski definition) is 4. The van der Waals surface area contributed by atoms with Crippen LogP contribution in [0, 0.1) is 105 Å². The molecule has 0 heterocycles. The third kappa shape index (κ3) is 19.2. The molecule has 0 saturated carbocycles. The van der Waals surface area contributed by atoms with Crippen molar-refractivity contribution in [3.05, 3.63) is 185 Å². The van der Waals surface area contributed by atoms with E-state index in [1.54, 1.807) is 52.0 Å². The molecule has 0 aromatic heterocycles. The minimum Gasteiger partial charge on any atom is -0.698 e. The van der Waals surface area contributed by atoms with Gasteiger partial charge < -0.3 is 44.6 Å². The number of aryl methyl sites for hydroxylation is 12. The van der Waals surface area contributed by atoms with Gasteiger partial charge in [-0.25, -0.2) is 0 Å². The number of rotatable bonds is 8. The summed E-state index contributed by atoms with van der Waals surface area (Å²) in [5.41, 5.74) is 52.6. The van der Waals surface area contributed by atoms with E-state index < -0.39 is 0 Å². The molecule has 334 valence electrons. The van der Waals surface area contributed by atoms with Gasteiger partial charge in [0.05, 0.1) is 0 Å². The maximum absolute atomic E-state index is 7.92. The monoisotopic (exact) mass is 922 g/mol. The molecule has 2 radical (unpaired) electrons. The average molecular weight is 923 g/mol. The first-order valence-corrected chi connectivity index (χ1v) is 19.9. The van der Waals surface area contributed by atoms with E-state index in [2.05, 4.69) is 76.2 Å². The van der Waals surface area contributed by atoms with E-state index >= 15 is 0 Å². The number of hydrogen-bond acceptors (Lipinski definition) is 4. The predicted octanol–water partition coefficient (Wildman–Crippen LogP) is 16.2. The van der Waals surface area contributed by atoms with Crippen molar-refractivity contribution in [2.45, 2.75) is 111 Å². The van der Waals surface area contributed by atoms with Gasteiger partial charge in [0.25, 0.3) is 0 Å². The number of nitrogens with one attached hydrogen (secondary N) is 8. The topological polar surface area (TPSA) is 191 Å². The van der Waals surface area contributed by atoms with Gasteiger partial charge in [0.1, 0.15) is 0 Å². The van der Waals surface area contributed by atoms with E-state index in [0.29, 0.717) is 45.6 Å². The van der Waals surface area contributed by atoms with Gasteiger partial charge in [0.15, 0.2) is 0 Å². The van der Waals surface area contributed by atoms with Crippen molar-refractivity contribution in [1.29, 1.82) is 21.6 Å². The summed E-state index contributed by atoms with van der Waals surface area (Å²) in [6, 6.07) is 16.6. The van der Waals surface area contributed by atoms with Crippen molar-refractivity contribution in [2.24, 2.45) is 0 Å². The molecule has 62 heavy (non-hydrogen) atoms. The predicted molar refractivity (Wildman–Crippen MR) is 265 cm³/mol. The zero-order valence-corrected chi connectivity index (χ0v) is 41.7. The molecule has 0 atom stereocenters. The van der Waals surface area contributed by atoms with Gasteiger partial charge in [-0.05, 0) is 178 Å². The van der Waals surface area contributed by atoms with Gasteiger partial charge >= 0.3 is 33.6 Å². The Kier molecular flexibility index (Phi) is 25.6. The van der Waals surface area contributed by atoms with E-state index in [-0.39, 0.29) is 33.6 Å². The molecule has 0 saturated heterocycles. The summed E-state index contributed by atoms with van der Waals surface area (Å²) in [6.45, 7) is 31.1. The normalized spacial score (nSPS) is 11.2. The second-order valence-corrected chi connectivity index (χ2v) is 16.1. The fourth-order valence-electron chi connectivity index (χ4n) is 7.57. The van der Waals surface area contributed by atoms with Crippen LogP contribution in [-0.2, 0) is 33.6 Å². The fraction of sp³-hybridized carbons (Fsp3) is 0.308. The molecule has 4 aromatic carbocycles. The van der Waals surface area contributed by atoms with Crippen molar-refractivity contribution >= 4 is 45.6 Å². The van der Waals surface area contributed by atoms with Crippen molar-refractivity contribution in [3.63, 3.8) is 0 Å². The standard InChI is InChI=1S/4C13H17N2.2Co/c4*1-8-5-9(2)13(10(3)6-8)12(15)7-11(4)14;;/h4*5-7,14-15H,1-4H3;;/q4*-1;2*+2/b4*12-7-,14-11?;;. The summed E-state index contributed by atoms with van der Waals surface area (Å²) >= 11 is 0. The Morgan fingerprint density at radius 2 is 0.419 bits per heavy atom. The van der Waals surface area contributed by atoms with Crippen molar-refractivity contribution in [3.8, 4) is 0 Å². The molecule has 0 bridgehead atoms. The van der Waals surface area contributed by atoms with Crippen LogP contribution in [0.1, 0.15) is 117 Å². The molecule has 0 aliphatic rings. The van der Waals surface area contributed by atoms with Crippen LogP contribution in [0.2, 0.25) is 0 Å². The summed E-state index contributed by atoms with van der Waals surface area (Å²) in [5.74, 6) is 0. The minimum absolute atomic E-state index is 0. The van der Waals surface area contributed by atoms with Crippen molar-refractivity contribution in [2.75, 3.05) is 0 Å². The zero-order chi connectivity index (χ0) is 46.3. The molecule has 0 unspecified atom stereocenters. The number of benzene rings is 4. The van der Waals surface area contributed by atoms with Gasteiger partial charge in [0.2, 0.25) is 0 Å². The first-order chi connectivity index (χ1) is 27.7. The second-order valence-electron chi connectivity index (χ2n) is 16.1. The van der Waals surface area contributed by atoms with Gasteiger partial charge in [-0.15, -0.1) is 22.8 Å². The first kappa shape index (κ1) is 58.8. The average Bonchev–Trinajstić information content (AvgIpc) is 3.02. The molecule has 8 N–H and O–H groups in total. The molecule has 0 spiro atoms. The summed E-state index contributed by atoms with van der Waals surface area (Å²) < 4.78 is 0. The van der Waals surface area contributed by atoms with Crippen LogP contribution in [-0.4, -0.2) is 22.8 Å². The van der Waals surface area contributed by atoms with Crippen LogP contribution < -0.4 is 0 Å². The minimum atomic E-state index is 0. The Morgan fingerprint density at radius 1 is 0.306 bits per heavy atom. The molecule has 0 fully saturated rings. The van der Waals surface area contributed by atoms with Crippen molar-refractivity contribution in [1.82, 2.24) is 0 Å². The summed E-state index contributed by atoms with van der Waals surface area (Å²) in [7, 11) is 0. The van der Waals surface area contributed by atoms with Crippen LogP contribution in [0.3, 0.4) is 0 Å². The molecular formula is C52H68Co2N8. The molecule has 0 aliphatic heterocycles. The van der Waals surface area contributed by atoms with Crippen LogP contribution in [0.15, 0.2) is 72.8 Å². The third-order valence-corrected chi connectivity index (χ3v) is 9.23. The van der Waals surface area contributed by atoms with Crippen LogP contribution in [0.25, 0.3) is 45.7 Å². The molecule has 0 aliphatic carbocycles.